The smallest absolute Gasteiger partial charge is 0.227 e. The maximum absolute atomic E-state index is 12.4. The number of piperazine rings is 1. The Morgan fingerprint density at radius 3 is 2.76 bits per heavy atom. The standard InChI is InChI=1S/C15H21N3O2S/c19-14-4-3-12(10-16-14)15(20)18-7-5-17(6-8-18)11-13-2-1-9-21-13/h1-2,9,12H,3-8,10-11H2,(H,16,19). The van der Waals surface area contributed by atoms with Gasteiger partial charge >= 0.3 is 0 Å². The molecule has 2 fully saturated rings. The summed E-state index contributed by atoms with van der Waals surface area (Å²) >= 11 is 1.78. The Hall–Kier alpha value is -1.40. The number of hydrogen-bond donors (Lipinski definition) is 1. The molecule has 2 saturated heterocycles. The molecule has 2 aliphatic rings. The first kappa shape index (κ1) is 14.5. The molecule has 0 aliphatic carbocycles. The molecule has 0 radical (unpaired) electrons. The molecule has 1 atom stereocenters. The van der Waals surface area contributed by atoms with Crippen LogP contribution < -0.4 is 5.32 Å². The van der Waals surface area contributed by atoms with Crippen LogP contribution in [-0.2, 0) is 16.1 Å². The van der Waals surface area contributed by atoms with Crippen molar-refractivity contribution in [2.45, 2.75) is 19.4 Å². The Bertz CT molecular complexity index is 485. The lowest BCUT2D eigenvalue weighted by Crippen LogP contribution is -2.52. The first-order valence-electron chi connectivity index (χ1n) is 7.52. The van der Waals surface area contributed by atoms with Crippen molar-refractivity contribution >= 4 is 23.2 Å². The molecule has 1 N–H and O–H groups in total. The molecule has 5 nitrogen and oxygen atoms in total. The van der Waals surface area contributed by atoms with E-state index in [0.717, 1.165) is 32.7 Å². The van der Waals surface area contributed by atoms with Crippen molar-refractivity contribution in [2.24, 2.45) is 5.92 Å². The summed E-state index contributed by atoms with van der Waals surface area (Å²) in [7, 11) is 0. The number of piperidine rings is 1. The van der Waals surface area contributed by atoms with Gasteiger partial charge in [0.05, 0.1) is 5.92 Å². The molecule has 2 aliphatic heterocycles. The first-order chi connectivity index (χ1) is 10.2. The van der Waals surface area contributed by atoms with Gasteiger partial charge in [-0.15, -0.1) is 11.3 Å². The highest BCUT2D eigenvalue weighted by molar-refractivity contribution is 7.09. The minimum absolute atomic E-state index is 0.0217. The average Bonchev–Trinajstić information content (AvgIpc) is 3.01. The van der Waals surface area contributed by atoms with E-state index in [2.05, 4.69) is 27.7 Å². The molecule has 6 heteroatoms. The van der Waals surface area contributed by atoms with E-state index in [1.165, 1.54) is 4.88 Å². The van der Waals surface area contributed by atoms with Crippen molar-refractivity contribution in [3.05, 3.63) is 22.4 Å². The van der Waals surface area contributed by atoms with Crippen molar-refractivity contribution in [3.63, 3.8) is 0 Å². The Kier molecular flexibility index (Phi) is 4.55. The fourth-order valence-corrected chi connectivity index (χ4v) is 3.70. The third-order valence-electron chi connectivity index (χ3n) is 4.26. The number of hydrogen-bond acceptors (Lipinski definition) is 4. The predicted octanol–water partition coefficient (Wildman–Crippen LogP) is 0.918. The molecular weight excluding hydrogens is 286 g/mol. The van der Waals surface area contributed by atoms with Gasteiger partial charge in [0.1, 0.15) is 0 Å². The maximum atomic E-state index is 12.4. The molecule has 1 aromatic rings. The van der Waals surface area contributed by atoms with Gasteiger partial charge in [-0.25, -0.2) is 0 Å². The summed E-state index contributed by atoms with van der Waals surface area (Å²) in [6, 6.07) is 4.24. The fourth-order valence-electron chi connectivity index (χ4n) is 2.95. The van der Waals surface area contributed by atoms with Crippen molar-refractivity contribution in [3.8, 4) is 0 Å². The quantitative estimate of drug-likeness (QED) is 0.903. The number of carbonyl (C=O) groups excluding carboxylic acids is 2. The topological polar surface area (TPSA) is 52.7 Å². The minimum atomic E-state index is -0.0217. The van der Waals surface area contributed by atoms with Crippen LogP contribution in [0.15, 0.2) is 17.5 Å². The zero-order valence-electron chi connectivity index (χ0n) is 12.1. The van der Waals surface area contributed by atoms with Crippen LogP contribution in [0.3, 0.4) is 0 Å². The Morgan fingerprint density at radius 2 is 2.14 bits per heavy atom. The summed E-state index contributed by atoms with van der Waals surface area (Å²) in [5.74, 6) is 0.261. The van der Waals surface area contributed by atoms with Gasteiger partial charge in [0.2, 0.25) is 11.8 Å². The van der Waals surface area contributed by atoms with E-state index >= 15 is 0 Å². The summed E-state index contributed by atoms with van der Waals surface area (Å²) in [6.45, 7) is 4.96. The highest BCUT2D eigenvalue weighted by atomic mass is 32.1. The summed E-state index contributed by atoms with van der Waals surface area (Å²) in [6.07, 6.45) is 1.18. The Labute approximate surface area is 128 Å². The van der Waals surface area contributed by atoms with Crippen molar-refractivity contribution in [1.29, 1.82) is 0 Å². The van der Waals surface area contributed by atoms with E-state index in [1.54, 1.807) is 11.3 Å². The van der Waals surface area contributed by atoms with Crippen LogP contribution in [0.2, 0.25) is 0 Å². The van der Waals surface area contributed by atoms with Crippen LogP contribution >= 0.6 is 11.3 Å². The third-order valence-corrected chi connectivity index (χ3v) is 5.12. The van der Waals surface area contributed by atoms with E-state index in [-0.39, 0.29) is 17.7 Å². The van der Waals surface area contributed by atoms with E-state index in [9.17, 15) is 9.59 Å². The molecular formula is C15H21N3O2S. The zero-order valence-corrected chi connectivity index (χ0v) is 12.9. The monoisotopic (exact) mass is 307 g/mol. The van der Waals surface area contributed by atoms with Crippen LogP contribution in [0.4, 0.5) is 0 Å². The van der Waals surface area contributed by atoms with Crippen LogP contribution in [0.5, 0.6) is 0 Å². The summed E-state index contributed by atoms with van der Waals surface area (Å²) in [4.78, 5) is 29.3. The molecule has 0 spiro atoms. The van der Waals surface area contributed by atoms with Crippen molar-refractivity contribution in [2.75, 3.05) is 32.7 Å². The molecule has 3 rings (SSSR count). The van der Waals surface area contributed by atoms with E-state index in [4.69, 9.17) is 0 Å². The van der Waals surface area contributed by atoms with E-state index < -0.39 is 0 Å². The van der Waals surface area contributed by atoms with Gasteiger partial charge in [0.25, 0.3) is 0 Å². The van der Waals surface area contributed by atoms with Crippen molar-refractivity contribution in [1.82, 2.24) is 15.1 Å². The second-order valence-electron chi connectivity index (χ2n) is 5.72. The van der Waals surface area contributed by atoms with Crippen LogP contribution in [0.1, 0.15) is 17.7 Å². The maximum Gasteiger partial charge on any atom is 0.227 e. The lowest BCUT2D eigenvalue weighted by atomic mass is 9.97. The van der Waals surface area contributed by atoms with Crippen LogP contribution in [0, 0.1) is 5.92 Å². The number of carbonyl (C=O) groups is 2. The van der Waals surface area contributed by atoms with Gasteiger partial charge in [0.15, 0.2) is 0 Å². The van der Waals surface area contributed by atoms with Gasteiger partial charge in [0, 0.05) is 50.6 Å². The fraction of sp³-hybridized carbons (Fsp3) is 0.600. The average molecular weight is 307 g/mol. The van der Waals surface area contributed by atoms with E-state index in [0.29, 0.717) is 19.4 Å². The second-order valence-corrected chi connectivity index (χ2v) is 6.75. The summed E-state index contributed by atoms with van der Waals surface area (Å²) in [5, 5.41) is 4.90. The minimum Gasteiger partial charge on any atom is -0.355 e. The SMILES string of the molecule is O=C1CCC(C(=O)N2CCN(Cc3cccs3)CC2)CN1. The third kappa shape index (κ3) is 3.63. The van der Waals surface area contributed by atoms with Gasteiger partial charge in [-0.05, 0) is 17.9 Å². The highest BCUT2D eigenvalue weighted by Crippen LogP contribution is 2.17. The largest absolute Gasteiger partial charge is 0.355 e. The molecule has 0 saturated carbocycles. The highest BCUT2D eigenvalue weighted by Gasteiger charge is 2.30. The molecule has 21 heavy (non-hydrogen) atoms. The number of nitrogens with zero attached hydrogens (tertiary/aromatic N) is 2. The molecule has 0 aromatic carbocycles. The number of amides is 2. The van der Waals surface area contributed by atoms with E-state index in [1.807, 2.05) is 4.90 Å². The number of nitrogens with one attached hydrogen (secondary N) is 1. The second kappa shape index (κ2) is 6.58. The molecule has 1 unspecified atom stereocenters. The van der Waals surface area contributed by atoms with Gasteiger partial charge < -0.3 is 10.2 Å². The molecule has 2 amide bonds. The predicted molar refractivity (Wildman–Crippen MR) is 81.9 cm³/mol. The summed E-state index contributed by atoms with van der Waals surface area (Å²) < 4.78 is 0. The number of rotatable bonds is 3. The lowest BCUT2D eigenvalue weighted by Gasteiger charge is -2.37. The molecule has 114 valence electrons. The van der Waals surface area contributed by atoms with Crippen LogP contribution in [-0.4, -0.2) is 54.3 Å². The first-order valence-corrected chi connectivity index (χ1v) is 8.40. The van der Waals surface area contributed by atoms with Gasteiger partial charge in [-0.1, -0.05) is 6.07 Å². The van der Waals surface area contributed by atoms with Gasteiger partial charge in [-0.2, -0.15) is 0 Å². The number of thiophene rings is 1. The van der Waals surface area contributed by atoms with Crippen LogP contribution in [0.25, 0.3) is 0 Å². The van der Waals surface area contributed by atoms with Gasteiger partial charge in [-0.3, -0.25) is 14.5 Å². The van der Waals surface area contributed by atoms with Crippen molar-refractivity contribution < 1.29 is 9.59 Å². The normalized spacial score (nSPS) is 23.9. The Balaban J connectivity index is 1.46. The summed E-state index contributed by atoms with van der Waals surface area (Å²) in [5.41, 5.74) is 0. The Morgan fingerprint density at radius 1 is 1.33 bits per heavy atom. The lowest BCUT2D eigenvalue weighted by molar-refractivity contribution is -0.139. The molecule has 3 heterocycles. The molecule has 0 bridgehead atoms. The zero-order chi connectivity index (χ0) is 14.7. The molecule has 1 aromatic heterocycles.